The van der Waals surface area contributed by atoms with E-state index in [0.717, 1.165) is 57.7 Å². The second kappa shape index (κ2) is 8.40. The van der Waals surface area contributed by atoms with Gasteiger partial charge >= 0.3 is 0 Å². The zero-order chi connectivity index (χ0) is 18.6. The van der Waals surface area contributed by atoms with Gasteiger partial charge in [-0.1, -0.05) is 12.1 Å². The van der Waals surface area contributed by atoms with E-state index in [1.54, 1.807) is 7.11 Å². The van der Waals surface area contributed by atoms with Crippen molar-refractivity contribution in [1.82, 2.24) is 10.2 Å². The predicted molar refractivity (Wildman–Crippen MR) is 102 cm³/mol. The Morgan fingerprint density at radius 1 is 1.35 bits per heavy atom. The van der Waals surface area contributed by atoms with Gasteiger partial charge in [0.1, 0.15) is 11.9 Å². The minimum Gasteiger partial charge on any atom is -0.497 e. The quantitative estimate of drug-likeness (QED) is 0.877. The Kier molecular flexibility index (Phi) is 6.20. The molecular weight excluding hydrogens is 328 g/mol. The van der Waals surface area contributed by atoms with Crippen LogP contribution in [0.4, 0.5) is 0 Å². The van der Waals surface area contributed by atoms with Crippen molar-refractivity contribution in [2.45, 2.75) is 58.2 Å². The van der Waals surface area contributed by atoms with Gasteiger partial charge in [-0.15, -0.1) is 0 Å². The van der Waals surface area contributed by atoms with E-state index in [9.17, 15) is 4.79 Å². The van der Waals surface area contributed by atoms with Crippen LogP contribution >= 0.6 is 0 Å². The van der Waals surface area contributed by atoms with E-state index in [1.165, 1.54) is 5.56 Å². The minimum atomic E-state index is -0.266. The molecule has 5 nitrogen and oxygen atoms in total. The number of amides is 1. The molecule has 0 aromatic heterocycles. The number of likely N-dealkylation sites (tertiary alicyclic amines) is 1. The fraction of sp³-hybridized carbons (Fsp3) is 0.667. The lowest BCUT2D eigenvalue weighted by Crippen LogP contribution is -2.49. The van der Waals surface area contributed by atoms with Crippen molar-refractivity contribution in [1.29, 1.82) is 0 Å². The van der Waals surface area contributed by atoms with Crippen LogP contribution in [0.2, 0.25) is 0 Å². The zero-order valence-electron chi connectivity index (χ0n) is 16.3. The van der Waals surface area contributed by atoms with Crippen molar-refractivity contribution in [3.63, 3.8) is 0 Å². The van der Waals surface area contributed by atoms with E-state index in [-0.39, 0.29) is 23.5 Å². The summed E-state index contributed by atoms with van der Waals surface area (Å²) in [5, 5.41) is 2.97. The molecule has 0 saturated carbocycles. The Labute approximate surface area is 157 Å². The number of carbonyl (C=O) groups excluding carboxylic acids is 1. The van der Waals surface area contributed by atoms with Crippen molar-refractivity contribution >= 4 is 5.91 Å². The van der Waals surface area contributed by atoms with Crippen LogP contribution in [0, 0.1) is 5.41 Å². The number of nitrogens with zero attached hydrogens (tertiary/aromatic N) is 1. The molecule has 3 rings (SSSR count). The number of nitrogens with one attached hydrogen (secondary N) is 1. The number of carbonyl (C=O) groups is 1. The number of methoxy groups -OCH3 is 1. The van der Waals surface area contributed by atoms with E-state index in [2.05, 4.69) is 28.4 Å². The lowest BCUT2D eigenvalue weighted by molar-refractivity contribution is -0.145. The molecule has 0 radical (unpaired) electrons. The SMILES string of the molecule is COc1cccc(CN2CCC3(CCC(C(=O)NC(C)C)OC3)CC2)c1. The third-order valence-electron chi connectivity index (χ3n) is 5.71. The van der Waals surface area contributed by atoms with Crippen molar-refractivity contribution in [2.75, 3.05) is 26.8 Å². The maximum atomic E-state index is 12.1. The molecule has 0 aliphatic carbocycles. The molecule has 2 aliphatic heterocycles. The first-order valence-electron chi connectivity index (χ1n) is 9.77. The fourth-order valence-corrected chi connectivity index (χ4v) is 4.06. The lowest BCUT2D eigenvalue weighted by Gasteiger charge is -2.45. The van der Waals surface area contributed by atoms with Crippen molar-refractivity contribution in [3.05, 3.63) is 29.8 Å². The third-order valence-corrected chi connectivity index (χ3v) is 5.71. The number of hydrogen-bond acceptors (Lipinski definition) is 4. The van der Waals surface area contributed by atoms with E-state index in [1.807, 2.05) is 19.9 Å². The van der Waals surface area contributed by atoms with E-state index in [4.69, 9.17) is 9.47 Å². The van der Waals surface area contributed by atoms with Crippen molar-refractivity contribution in [3.8, 4) is 5.75 Å². The lowest BCUT2D eigenvalue weighted by atomic mass is 9.73. The van der Waals surface area contributed by atoms with Gasteiger partial charge in [0.25, 0.3) is 0 Å². The average molecular weight is 360 g/mol. The highest BCUT2D eigenvalue weighted by molar-refractivity contribution is 5.81. The highest BCUT2D eigenvalue weighted by Gasteiger charge is 2.40. The highest BCUT2D eigenvalue weighted by Crippen LogP contribution is 2.40. The second-order valence-corrected chi connectivity index (χ2v) is 8.13. The number of benzene rings is 1. The summed E-state index contributed by atoms with van der Waals surface area (Å²) in [7, 11) is 1.71. The van der Waals surface area contributed by atoms with Crippen LogP contribution < -0.4 is 10.1 Å². The van der Waals surface area contributed by atoms with E-state index < -0.39 is 0 Å². The van der Waals surface area contributed by atoms with Crippen LogP contribution in [-0.2, 0) is 16.1 Å². The molecule has 0 bridgehead atoms. The number of hydrogen-bond donors (Lipinski definition) is 1. The molecule has 1 aromatic rings. The highest BCUT2D eigenvalue weighted by atomic mass is 16.5. The first-order valence-corrected chi connectivity index (χ1v) is 9.77. The molecule has 2 heterocycles. The van der Waals surface area contributed by atoms with Gasteiger partial charge in [0.2, 0.25) is 5.91 Å². The largest absolute Gasteiger partial charge is 0.497 e. The van der Waals surface area contributed by atoms with Gasteiger partial charge < -0.3 is 14.8 Å². The van der Waals surface area contributed by atoms with Crippen molar-refractivity contribution in [2.24, 2.45) is 5.41 Å². The van der Waals surface area contributed by atoms with Crippen LogP contribution in [0.1, 0.15) is 45.1 Å². The third kappa shape index (κ3) is 4.77. The molecule has 1 aromatic carbocycles. The van der Waals surface area contributed by atoms with Crippen LogP contribution in [0.3, 0.4) is 0 Å². The molecule has 1 spiro atoms. The summed E-state index contributed by atoms with van der Waals surface area (Å²) in [5.41, 5.74) is 1.56. The monoisotopic (exact) mass is 360 g/mol. The Bertz CT molecular complexity index is 599. The molecule has 1 amide bonds. The Balaban J connectivity index is 1.47. The van der Waals surface area contributed by atoms with Crippen LogP contribution in [0.5, 0.6) is 5.75 Å². The smallest absolute Gasteiger partial charge is 0.249 e. The normalized spacial score (nSPS) is 23.2. The topological polar surface area (TPSA) is 50.8 Å². The summed E-state index contributed by atoms with van der Waals surface area (Å²) in [5.74, 6) is 0.965. The first kappa shape index (κ1) is 19.2. The summed E-state index contributed by atoms with van der Waals surface area (Å²) in [6.07, 6.45) is 3.97. The van der Waals surface area contributed by atoms with E-state index >= 15 is 0 Å². The van der Waals surface area contributed by atoms with Crippen LogP contribution in [0.25, 0.3) is 0 Å². The maximum Gasteiger partial charge on any atom is 0.249 e. The average Bonchev–Trinajstić information content (AvgIpc) is 2.64. The minimum absolute atomic E-state index is 0.0466. The van der Waals surface area contributed by atoms with Gasteiger partial charge in [-0.25, -0.2) is 0 Å². The molecule has 2 saturated heterocycles. The summed E-state index contributed by atoms with van der Waals surface area (Å²) < 4.78 is 11.3. The Morgan fingerprint density at radius 2 is 2.12 bits per heavy atom. The second-order valence-electron chi connectivity index (χ2n) is 8.13. The molecule has 2 aliphatic rings. The summed E-state index contributed by atoms with van der Waals surface area (Å²) >= 11 is 0. The molecule has 2 fully saturated rings. The van der Waals surface area contributed by atoms with Gasteiger partial charge in [-0.3, -0.25) is 9.69 Å². The molecule has 144 valence electrons. The van der Waals surface area contributed by atoms with Gasteiger partial charge in [0.15, 0.2) is 0 Å². The predicted octanol–water partition coefficient (Wildman–Crippen LogP) is 2.98. The summed E-state index contributed by atoms with van der Waals surface area (Å²) in [6.45, 7) is 7.83. The van der Waals surface area contributed by atoms with Gasteiger partial charge in [0.05, 0.1) is 13.7 Å². The fourth-order valence-electron chi connectivity index (χ4n) is 4.06. The van der Waals surface area contributed by atoms with Crippen LogP contribution in [-0.4, -0.2) is 49.8 Å². The molecule has 1 unspecified atom stereocenters. The summed E-state index contributed by atoms with van der Waals surface area (Å²) in [4.78, 5) is 14.6. The Hall–Kier alpha value is -1.59. The molecular formula is C21H32N2O3. The van der Waals surface area contributed by atoms with Crippen molar-refractivity contribution < 1.29 is 14.3 Å². The van der Waals surface area contributed by atoms with Gasteiger partial charge in [-0.05, 0) is 75.7 Å². The number of piperidine rings is 1. The first-order chi connectivity index (χ1) is 12.5. The maximum absolute atomic E-state index is 12.1. The van der Waals surface area contributed by atoms with Gasteiger partial charge in [0, 0.05) is 12.6 Å². The molecule has 5 heteroatoms. The number of rotatable bonds is 5. The molecule has 1 N–H and O–H groups in total. The summed E-state index contributed by atoms with van der Waals surface area (Å²) in [6, 6.07) is 8.49. The van der Waals surface area contributed by atoms with Crippen LogP contribution in [0.15, 0.2) is 24.3 Å². The molecule has 26 heavy (non-hydrogen) atoms. The Morgan fingerprint density at radius 3 is 2.73 bits per heavy atom. The van der Waals surface area contributed by atoms with E-state index in [0.29, 0.717) is 0 Å². The zero-order valence-corrected chi connectivity index (χ0v) is 16.3. The molecule has 1 atom stereocenters. The number of ether oxygens (including phenoxy) is 2. The standard InChI is InChI=1S/C21H32N2O3/c1-16(2)22-20(24)19-7-8-21(15-26-19)9-11-23(12-10-21)14-17-5-4-6-18(13-17)25-3/h4-6,13,16,19H,7-12,14-15H2,1-3H3,(H,22,24). The van der Waals surface area contributed by atoms with Gasteiger partial charge in [-0.2, -0.15) is 0 Å².